The minimum absolute atomic E-state index is 0.0227. The lowest BCUT2D eigenvalue weighted by molar-refractivity contribution is -0.123. The zero-order valence-electron chi connectivity index (χ0n) is 16.8. The molecule has 170 valence electrons. The molecule has 0 aliphatic rings. The van der Waals surface area contributed by atoms with Crippen molar-refractivity contribution >= 4 is 34.8 Å². The summed E-state index contributed by atoms with van der Waals surface area (Å²) in [7, 11) is 0. The van der Waals surface area contributed by atoms with Crippen molar-refractivity contribution in [2.45, 2.75) is 0 Å². The monoisotopic (exact) mass is 493 g/mol. The number of halogens is 4. The molecule has 33 heavy (non-hydrogen) atoms. The van der Waals surface area contributed by atoms with Gasteiger partial charge in [-0.3, -0.25) is 4.79 Å². The number of rotatable bonds is 8. The molecule has 4 rings (SSSR count). The Balaban J connectivity index is 1.30. The van der Waals surface area contributed by atoms with Crippen molar-refractivity contribution < 1.29 is 23.0 Å². The molecule has 0 aliphatic carbocycles. The van der Waals surface area contributed by atoms with Gasteiger partial charge in [-0.05, 0) is 42.5 Å². The quantitative estimate of drug-likeness (QED) is 0.373. The van der Waals surface area contributed by atoms with Gasteiger partial charge in [-0.25, -0.2) is 8.78 Å². The van der Waals surface area contributed by atoms with Crippen molar-refractivity contribution in [1.29, 1.82) is 0 Å². The SMILES string of the molecule is O=C(COc1c(Cl)cc(F)cc1Cl)NCCOc1ccc2nnc(-c3ccc(F)cc3)n2n1. The Bertz CT molecular complexity index is 1280. The molecule has 0 saturated carbocycles. The third-order valence-electron chi connectivity index (χ3n) is 4.33. The molecule has 0 aliphatic heterocycles. The number of carbonyl (C=O) groups excluding carboxylic acids is 1. The smallest absolute Gasteiger partial charge is 0.258 e. The zero-order valence-corrected chi connectivity index (χ0v) is 18.3. The van der Waals surface area contributed by atoms with E-state index in [-0.39, 0.29) is 47.3 Å². The van der Waals surface area contributed by atoms with Gasteiger partial charge in [0.15, 0.2) is 23.8 Å². The predicted octanol–water partition coefficient (Wildman–Crippen LogP) is 3.95. The topological polar surface area (TPSA) is 90.6 Å². The fraction of sp³-hybridized carbons (Fsp3) is 0.143. The van der Waals surface area contributed by atoms with Crippen molar-refractivity contribution in [1.82, 2.24) is 25.1 Å². The Kier molecular flexibility index (Phi) is 6.85. The average molecular weight is 494 g/mol. The lowest BCUT2D eigenvalue weighted by Crippen LogP contribution is -2.32. The highest BCUT2D eigenvalue weighted by atomic mass is 35.5. The van der Waals surface area contributed by atoms with E-state index in [1.54, 1.807) is 24.3 Å². The normalized spacial score (nSPS) is 10.9. The summed E-state index contributed by atoms with van der Waals surface area (Å²) in [5.41, 5.74) is 1.13. The molecule has 0 bridgehead atoms. The molecule has 0 saturated heterocycles. The van der Waals surface area contributed by atoms with Crippen molar-refractivity contribution in [3.63, 3.8) is 0 Å². The highest BCUT2D eigenvalue weighted by Gasteiger charge is 2.13. The van der Waals surface area contributed by atoms with Crippen LogP contribution in [0.5, 0.6) is 11.6 Å². The van der Waals surface area contributed by atoms with E-state index in [4.69, 9.17) is 32.7 Å². The summed E-state index contributed by atoms with van der Waals surface area (Å²) >= 11 is 11.7. The number of carbonyl (C=O) groups is 1. The van der Waals surface area contributed by atoms with Gasteiger partial charge in [0.25, 0.3) is 5.91 Å². The van der Waals surface area contributed by atoms with E-state index in [2.05, 4.69) is 20.6 Å². The summed E-state index contributed by atoms with van der Waals surface area (Å²) < 4.78 is 38.7. The number of nitrogens with one attached hydrogen (secondary N) is 1. The summed E-state index contributed by atoms with van der Waals surface area (Å²) in [6.07, 6.45) is 0. The Morgan fingerprint density at radius 3 is 2.42 bits per heavy atom. The van der Waals surface area contributed by atoms with Crippen LogP contribution in [0.2, 0.25) is 10.0 Å². The first-order valence-electron chi connectivity index (χ1n) is 9.56. The van der Waals surface area contributed by atoms with Crippen LogP contribution in [0.3, 0.4) is 0 Å². The highest BCUT2D eigenvalue weighted by molar-refractivity contribution is 6.37. The maximum atomic E-state index is 13.2. The van der Waals surface area contributed by atoms with E-state index in [1.807, 2.05) is 0 Å². The van der Waals surface area contributed by atoms with E-state index in [0.29, 0.717) is 17.0 Å². The molecular formula is C21H15Cl2F2N5O3. The number of benzene rings is 2. The second kappa shape index (κ2) is 9.97. The van der Waals surface area contributed by atoms with Crippen LogP contribution >= 0.6 is 23.2 Å². The third kappa shape index (κ3) is 5.47. The molecule has 0 fully saturated rings. The van der Waals surface area contributed by atoms with Crippen molar-refractivity contribution in [3.05, 3.63) is 70.2 Å². The van der Waals surface area contributed by atoms with Crippen LogP contribution in [-0.2, 0) is 4.79 Å². The standard InChI is InChI=1S/C21H15Cl2F2N5O3/c22-15-9-14(25)10-16(23)20(15)33-11-18(31)26-7-8-32-19-6-5-17-27-28-21(30(17)29-19)12-1-3-13(24)4-2-12/h1-6,9-10H,7-8,11H2,(H,26,31). The fourth-order valence-corrected chi connectivity index (χ4v) is 3.40. The van der Waals surface area contributed by atoms with Crippen LogP contribution < -0.4 is 14.8 Å². The molecular weight excluding hydrogens is 479 g/mol. The van der Waals surface area contributed by atoms with Crippen LogP contribution in [0.25, 0.3) is 17.0 Å². The molecule has 0 radical (unpaired) electrons. The fourth-order valence-electron chi connectivity index (χ4n) is 2.83. The van der Waals surface area contributed by atoms with Crippen molar-refractivity contribution in [3.8, 4) is 23.0 Å². The summed E-state index contributed by atoms with van der Waals surface area (Å²) in [5.74, 6) is -0.687. The molecule has 0 spiro atoms. The van der Waals surface area contributed by atoms with E-state index < -0.39 is 11.7 Å². The van der Waals surface area contributed by atoms with Crippen LogP contribution in [0.15, 0.2) is 48.5 Å². The number of hydrogen-bond acceptors (Lipinski definition) is 6. The maximum Gasteiger partial charge on any atom is 0.258 e. The molecule has 0 unspecified atom stereocenters. The highest BCUT2D eigenvalue weighted by Crippen LogP contribution is 2.33. The van der Waals surface area contributed by atoms with Gasteiger partial charge in [-0.2, -0.15) is 4.52 Å². The van der Waals surface area contributed by atoms with E-state index >= 15 is 0 Å². The first-order valence-corrected chi connectivity index (χ1v) is 10.3. The lowest BCUT2D eigenvalue weighted by atomic mass is 10.2. The Labute approximate surface area is 196 Å². The van der Waals surface area contributed by atoms with Gasteiger partial charge < -0.3 is 14.8 Å². The van der Waals surface area contributed by atoms with Crippen LogP contribution in [0.1, 0.15) is 0 Å². The Morgan fingerprint density at radius 2 is 1.70 bits per heavy atom. The average Bonchev–Trinajstić information content (AvgIpc) is 3.20. The van der Waals surface area contributed by atoms with Gasteiger partial charge >= 0.3 is 0 Å². The minimum atomic E-state index is -0.609. The molecule has 1 N–H and O–H groups in total. The van der Waals surface area contributed by atoms with E-state index in [0.717, 1.165) is 12.1 Å². The van der Waals surface area contributed by atoms with Gasteiger partial charge in [0.05, 0.1) is 16.6 Å². The molecule has 8 nitrogen and oxygen atoms in total. The molecule has 4 aromatic rings. The molecule has 2 heterocycles. The molecule has 12 heteroatoms. The van der Waals surface area contributed by atoms with E-state index in [1.165, 1.54) is 16.6 Å². The van der Waals surface area contributed by atoms with Crippen molar-refractivity contribution in [2.24, 2.45) is 0 Å². The molecule has 1 amide bonds. The summed E-state index contributed by atoms with van der Waals surface area (Å²) in [4.78, 5) is 12.0. The predicted molar refractivity (Wildman–Crippen MR) is 117 cm³/mol. The van der Waals surface area contributed by atoms with Gasteiger partial charge in [0.2, 0.25) is 5.88 Å². The molecule has 0 atom stereocenters. The van der Waals surface area contributed by atoms with E-state index in [9.17, 15) is 13.6 Å². The number of amides is 1. The van der Waals surface area contributed by atoms with Crippen LogP contribution in [-0.4, -0.2) is 45.5 Å². The van der Waals surface area contributed by atoms with Gasteiger partial charge in [0.1, 0.15) is 18.2 Å². The first-order chi connectivity index (χ1) is 15.9. The van der Waals surface area contributed by atoms with Gasteiger partial charge in [-0.1, -0.05) is 23.2 Å². The summed E-state index contributed by atoms with van der Waals surface area (Å²) in [6.45, 7) is -0.0763. The van der Waals surface area contributed by atoms with Gasteiger partial charge in [-0.15, -0.1) is 15.3 Å². The second-order valence-electron chi connectivity index (χ2n) is 6.66. The summed E-state index contributed by atoms with van der Waals surface area (Å²) in [6, 6.07) is 11.1. The summed E-state index contributed by atoms with van der Waals surface area (Å²) in [5, 5.41) is 15.0. The Morgan fingerprint density at radius 1 is 0.970 bits per heavy atom. The number of hydrogen-bond donors (Lipinski definition) is 1. The van der Waals surface area contributed by atoms with Crippen molar-refractivity contribution in [2.75, 3.05) is 19.8 Å². The van der Waals surface area contributed by atoms with Crippen LogP contribution in [0, 0.1) is 11.6 Å². The second-order valence-corrected chi connectivity index (χ2v) is 7.47. The maximum absolute atomic E-state index is 13.2. The number of aromatic nitrogens is 4. The zero-order chi connectivity index (χ0) is 23.4. The largest absolute Gasteiger partial charge is 0.481 e. The first kappa shape index (κ1) is 22.7. The molecule has 2 aromatic heterocycles. The number of nitrogens with zero attached hydrogens (tertiary/aromatic N) is 4. The lowest BCUT2D eigenvalue weighted by Gasteiger charge is -2.11. The third-order valence-corrected chi connectivity index (χ3v) is 4.89. The number of fused-ring (bicyclic) bond motifs is 1. The Hall–Kier alpha value is -3.50. The minimum Gasteiger partial charge on any atom is -0.481 e. The van der Waals surface area contributed by atoms with Gasteiger partial charge in [0, 0.05) is 11.6 Å². The molecule has 2 aromatic carbocycles. The number of ether oxygens (including phenoxy) is 2. The van der Waals surface area contributed by atoms with Crippen LogP contribution in [0.4, 0.5) is 8.78 Å².